The zero-order chi connectivity index (χ0) is 13.5. The van der Waals surface area contributed by atoms with Crippen molar-refractivity contribution in [1.29, 1.82) is 0 Å². The van der Waals surface area contributed by atoms with Crippen molar-refractivity contribution in [2.24, 2.45) is 17.6 Å². The first-order valence-electron chi connectivity index (χ1n) is 5.89. The Labute approximate surface area is 105 Å². The third-order valence-electron chi connectivity index (χ3n) is 2.96. The molecule has 7 nitrogen and oxygen atoms in total. The van der Waals surface area contributed by atoms with E-state index in [1.165, 1.54) is 0 Å². The average molecular weight is 258 g/mol. The fraction of sp³-hybridized carbons (Fsp3) is 0.727. The van der Waals surface area contributed by atoms with Gasteiger partial charge in [0.15, 0.2) is 0 Å². The van der Waals surface area contributed by atoms with Gasteiger partial charge in [-0.25, -0.2) is 0 Å². The number of rotatable bonds is 7. The van der Waals surface area contributed by atoms with Crippen LogP contribution in [0.4, 0.5) is 0 Å². The van der Waals surface area contributed by atoms with Gasteiger partial charge in [0.1, 0.15) is 6.61 Å². The van der Waals surface area contributed by atoms with Crippen LogP contribution in [-0.4, -0.2) is 42.6 Å². The number of carbonyl (C=O) groups is 3. The smallest absolute Gasteiger partial charge is 0.307 e. The lowest BCUT2D eigenvalue weighted by atomic mass is 9.95. The minimum absolute atomic E-state index is 0.180. The minimum Gasteiger partial charge on any atom is -0.481 e. The molecule has 0 bridgehead atoms. The topological polar surface area (TPSA) is 119 Å². The van der Waals surface area contributed by atoms with Crippen molar-refractivity contribution in [1.82, 2.24) is 5.32 Å². The Morgan fingerprint density at radius 1 is 1.28 bits per heavy atom. The summed E-state index contributed by atoms with van der Waals surface area (Å²) in [6.07, 6.45) is 1.91. The molecule has 1 rings (SSSR count). The van der Waals surface area contributed by atoms with Crippen LogP contribution in [0.15, 0.2) is 0 Å². The van der Waals surface area contributed by atoms with Crippen molar-refractivity contribution < 1.29 is 24.2 Å². The van der Waals surface area contributed by atoms with Crippen LogP contribution in [0.25, 0.3) is 0 Å². The van der Waals surface area contributed by atoms with Gasteiger partial charge in [0.05, 0.1) is 18.4 Å². The second-order valence-electron chi connectivity index (χ2n) is 4.29. The Morgan fingerprint density at radius 2 is 1.94 bits per heavy atom. The summed E-state index contributed by atoms with van der Waals surface area (Å²) in [5.41, 5.74) is 4.87. The molecule has 0 aromatic rings. The highest BCUT2D eigenvalue weighted by Crippen LogP contribution is 2.31. The van der Waals surface area contributed by atoms with E-state index >= 15 is 0 Å². The molecule has 1 aliphatic carbocycles. The first-order valence-corrected chi connectivity index (χ1v) is 5.89. The Morgan fingerprint density at radius 3 is 2.56 bits per heavy atom. The molecule has 0 radical (unpaired) electrons. The lowest BCUT2D eigenvalue weighted by molar-refractivity contribution is -0.146. The van der Waals surface area contributed by atoms with E-state index in [1.807, 2.05) is 0 Å². The maximum atomic E-state index is 11.7. The van der Waals surface area contributed by atoms with Crippen molar-refractivity contribution in [3.05, 3.63) is 0 Å². The number of carboxylic acids is 1. The number of ether oxygens (including phenoxy) is 1. The summed E-state index contributed by atoms with van der Waals surface area (Å²) in [6.45, 7) is 0.241. The quantitative estimate of drug-likeness (QED) is 0.512. The van der Waals surface area contributed by atoms with Gasteiger partial charge in [-0.15, -0.1) is 0 Å². The summed E-state index contributed by atoms with van der Waals surface area (Å²) in [6, 6.07) is 0. The Balaban J connectivity index is 2.24. The summed E-state index contributed by atoms with van der Waals surface area (Å²) in [5.74, 6) is -2.79. The highest BCUT2D eigenvalue weighted by atomic mass is 16.5. The summed E-state index contributed by atoms with van der Waals surface area (Å²) >= 11 is 0. The lowest BCUT2D eigenvalue weighted by Crippen LogP contribution is -2.37. The maximum absolute atomic E-state index is 11.7. The molecule has 1 aliphatic rings. The van der Waals surface area contributed by atoms with Gasteiger partial charge in [0.2, 0.25) is 11.8 Å². The first-order chi connectivity index (χ1) is 8.52. The van der Waals surface area contributed by atoms with Crippen LogP contribution in [0.2, 0.25) is 0 Å². The second-order valence-corrected chi connectivity index (χ2v) is 4.29. The molecule has 1 fully saturated rings. The zero-order valence-corrected chi connectivity index (χ0v) is 10.1. The fourth-order valence-corrected chi connectivity index (χ4v) is 2.12. The predicted molar refractivity (Wildman–Crippen MR) is 61.5 cm³/mol. The number of hydrogen-bond donors (Lipinski definition) is 3. The van der Waals surface area contributed by atoms with E-state index in [0.29, 0.717) is 12.8 Å². The van der Waals surface area contributed by atoms with Crippen LogP contribution >= 0.6 is 0 Å². The number of amides is 2. The molecular weight excluding hydrogens is 240 g/mol. The molecule has 0 heterocycles. The van der Waals surface area contributed by atoms with E-state index in [0.717, 1.165) is 6.42 Å². The van der Waals surface area contributed by atoms with Crippen LogP contribution in [0.5, 0.6) is 0 Å². The summed E-state index contributed by atoms with van der Waals surface area (Å²) in [5, 5.41) is 11.6. The molecule has 2 amide bonds. The molecule has 102 valence electrons. The molecule has 4 N–H and O–H groups in total. The van der Waals surface area contributed by atoms with E-state index < -0.39 is 23.7 Å². The van der Waals surface area contributed by atoms with Gasteiger partial charge in [-0.1, -0.05) is 6.42 Å². The largest absolute Gasteiger partial charge is 0.481 e. The van der Waals surface area contributed by atoms with Gasteiger partial charge in [0.25, 0.3) is 0 Å². The molecular formula is C11H18N2O5. The van der Waals surface area contributed by atoms with E-state index in [1.54, 1.807) is 0 Å². The summed E-state index contributed by atoms with van der Waals surface area (Å²) < 4.78 is 4.88. The Kier molecular flexibility index (Phi) is 5.57. The van der Waals surface area contributed by atoms with Crippen molar-refractivity contribution in [2.75, 3.05) is 19.8 Å². The number of primary amides is 1. The van der Waals surface area contributed by atoms with Crippen molar-refractivity contribution >= 4 is 17.8 Å². The molecule has 7 heteroatoms. The number of aliphatic carboxylic acids is 1. The first kappa shape index (κ1) is 14.4. The van der Waals surface area contributed by atoms with Crippen LogP contribution < -0.4 is 11.1 Å². The monoisotopic (exact) mass is 258 g/mol. The van der Waals surface area contributed by atoms with Crippen molar-refractivity contribution in [3.8, 4) is 0 Å². The molecule has 2 unspecified atom stereocenters. The Hall–Kier alpha value is -1.63. The van der Waals surface area contributed by atoms with Crippen LogP contribution in [0, 0.1) is 11.8 Å². The Bertz CT molecular complexity index is 331. The van der Waals surface area contributed by atoms with E-state index in [2.05, 4.69) is 5.32 Å². The highest BCUT2D eigenvalue weighted by molar-refractivity contribution is 5.85. The second kappa shape index (κ2) is 6.95. The van der Waals surface area contributed by atoms with Crippen LogP contribution in [-0.2, 0) is 19.1 Å². The van der Waals surface area contributed by atoms with Crippen LogP contribution in [0.3, 0.4) is 0 Å². The maximum Gasteiger partial charge on any atom is 0.307 e. The normalized spacial score (nSPS) is 22.7. The van der Waals surface area contributed by atoms with Gasteiger partial charge in [-0.3, -0.25) is 14.4 Å². The summed E-state index contributed by atoms with van der Waals surface area (Å²) in [4.78, 5) is 33.0. The third-order valence-corrected chi connectivity index (χ3v) is 2.96. The lowest BCUT2D eigenvalue weighted by Gasteiger charge is -2.15. The van der Waals surface area contributed by atoms with E-state index in [-0.39, 0.29) is 25.7 Å². The number of nitrogens with one attached hydrogen (secondary N) is 1. The van der Waals surface area contributed by atoms with E-state index in [9.17, 15) is 14.4 Å². The zero-order valence-electron chi connectivity index (χ0n) is 10.1. The molecule has 0 spiro atoms. The van der Waals surface area contributed by atoms with Gasteiger partial charge >= 0.3 is 5.97 Å². The molecule has 2 atom stereocenters. The van der Waals surface area contributed by atoms with Gasteiger partial charge in [-0.2, -0.15) is 0 Å². The highest BCUT2D eigenvalue weighted by Gasteiger charge is 2.37. The number of nitrogens with two attached hydrogens (primary N) is 1. The van der Waals surface area contributed by atoms with Gasteiger partial charge in [0, 0.05) is 6.54 Å². The molecule has 0 aliphatic heterocycles. The summed E-state index contributed by atoms with van der Waals surface area (Å²) in [7, 11) is 0. The molecule has 0 aromatic heterocycles. The molecule has 0 aromatic carbocycles. The number of hydrogen-bond acceptors (Lipinski definition) is 4. The van der Waals surface area contributed by atoms with Gasteiger partial charge in [-0.05, 0) is 12.8 Å². The average Bonchev–Trinajstić information content (AvgIpc) is 2.76. The minimum atomic E-state index is -0.919. The number of carboxylic acid groups (broad SMARTS) is 1. The van der Waals surface area contributed by atoms with E-state index in [4.69, 9.17) is 15.6 Å². The van der Waals surface area contributed by atoms with Gasteiger partial charge < -0.3 is 20.9 Å². The molecule has 1 saturated carbocycles. The number of carbonyl (C=O) groups excluding carboxylic acids is 2. The van der Waals surface area contributed by atoms with Crippen molar-refractivity contribution in [3.63, 3.8) is 0 Å². The SMILES string of the molecule is NC(=O)COCCNC(=O)C1CCCC1C(=O)O. The van der Waals surface area contributed by atoms with Crippen LogP contribution in [0.1, 0.15) is 19.3 Å². The van der Waals surface area contributed by atoms with Crippen molar-refractivity contribution in [2.45, 2.75) is 19.3 Å². The predicted octanol–water partition coefficient (Wildman–Crippen LogP) is -0.895. The fourth-order valence-electron chi connectivity index (χ4n) is 2.12. The molecule has 0 saturated heterocycles. The third kappa shape index (κ3) is 4.33. The molecule has 18 heavy (non-hydrogen) atoms. The standard InChI is InChI=1S/C11H18N2O5/c12-9(14)6-18-5-4-13-10(15)7-2-1-3-8(7)11(16)17/h7-8H,1-6H2,(H2,12,14)(H,13,15)(H,16,17).